The standard InChI is InChI=1S/C19H17N5O3S/c1-26-15-5-4-12(9-13(15)20)14-10-24-7-2-3-16(18(24)22-14)27-11-17(25)23-19-21-6-8-28-19/h2-10H,11,20H2,1H3,(H,21,23,25). The molecule has 1 amide bonds. The molecule has 0 saturated carbocycles. The smallest absolute Gasteiger partial charge is 0.264 e. The SMILES string of the molecule is COc1ccc(-c2cn3cccc(OCC(=O)Nc4nccs4)c3n2)cc1N. The number of rotatable bonds is 6. The predicted molar refractivity (Wildman–Crippen MR) is 108 cm³/mol. The number of fused-ring (bicyclic) bond motifs is 1. The first kappa shape index (κ1) is 17.8. The highest BCUT2D eigenvalue weighted by molar-refractivity contribution is 7.13. The van der Waals surface area contributed by atoms with Gasteiger partial charge in [-0.05, 0) is 30.3 Å². The number of nitrogens with two attached hydrogens (primary N) is 1. The third-order valence-corrected chi connectivity index (χ3v) is 4.70. The molecule has 3 N–H and O–H groups in total. The van der Waals surface area contributed by atoms with E-state index in [1.165, 1.54) is 11.3 Å². The molecule has 3 aromatic heterocycles. The number of aromatic nitrogens is 3. The minimum Gasteiger partial charge on any atom is -0.495 e. The Morgan fingerprint density at radius 2 is 2.21 bits per heavy atom. The Morgan fingerprint density at radius 3 is 2.96 bits per heavy atom. The maximum atomic E-state index is 12.0. The molecule has 1 aromatic carbocycles. The number of carbonyl (C=O) groups is 1. The number of nitrogens with zero attached hydrogens (tertiary/aromatic N) is 3. The topological polar surface area (TPSA) is 104 Å². The fraction of sp³-hybridized carbons (Fsp3) is 0.105. The van der Waals surface area contributed by atoms with Gasteiger partial charge >= 0.3 is 0 Å². The van der Waals surface area contributed by atoms with Gasteiger partial charge < -0.3 is 19.6 Å². The number of pyridine rings is 1. The van der Waals surface area contributed by atoms with Crippen LogP contribution >= 0.6 is 11.3 Å². The van der Waals surface area contributed by atoms with Crippen molar-refractivity contribution in [3.8, 4) is 22.8 Å². The van der Waals surface area contributed by atoms with Gasteiger partial charge in [0, 0.05) is 29.5 Å². The van der Waals surface area contributed by atoms with E-state index in [1.807, 2.05) is 35.0 Å². The number of nitrogens with one attached hydrogen (secondary N) is 1. The monoisotopic (exact) mass is 395 g/mol. The van der Waals surface area contributed by atoms with Crippen LogP contribution in [0.5, 0.6) is 11.5 Å². The first-order chi connectivity index (χ1) is 13.6. The molecule has 4 rings (SSSR count). The highest BCUT2D eigenvalue weighted by Gasteiger charge is 2.12. The van der Waals surface area contributed by atoms with Gasteiger partial charge in [0.15, 0.2) is 23.1 Å². The predicted octanol–water partition coefficient (Wildman–Crippen LogP) is 3.07. The highest BCUT2D eigenvalue weighted by Crippen LogP contribution is 2.29. The van der Waals surface area contributed by atoms with Gasteiger partial charge in [0.05, 0.1) is 18.5 Å². The molecule has 0 aliphatic heterocycles. The summed E-state index contributed by atoms with van der Waals surface area (Å²) in [7, 11) is 1.57. The number of anilines is 2. The van der Waals surface area contributed by atoms with E-state index in [1.54, 1.807) is 30.8 Å². The third kappa shape index (κ3) is 3.60. The normalized spacial score (nSPS) is 10.8. The number of thiazole rings is 1. The van der Waals surface area contributed by atoms with E-state index in [0.29, 0.717) is 28.0 Å². The summed E-state index contributed by atoms with van der Waals surface area (Å²) in [6, 6.07) is 9.09. The summed E-state index contributed by atoms with van der Waals surface area (Å²) in [5, 5.41) is 5.00. The summed E-state index contributed by atoms with van der Waals surface area (Å²) in [5.41, 5.74) is 8.73. The van der Waals surface area contributed by atoms with Crippen LogP contribution < -0.4 is 20.5 Å². The summed E-state index contributed by atoms with van der Waals surface area (Å²) in [5.74, 6) is 0.832. The van der Waals surface area contributed by atoms with Crippen LogP contribution in [0.15, 0.2) is 54.3 Å². The van der Waals surface area contributed by atoms with E-state index in [-0.39, 0.29) is 12.5 Å². The summed E-state index contributed by atoms with van der Waals surface area (Å²) < 4.78 is 12.7. The number of hydrogen-bond acceptors (Lipinski definition) is 7. The summed E-state index contributed by atoms with van der Waals surface area (Å²) >= 11 is 1.35. The first-order valence-electron chi connectivity index (χ1n) is 8.38. The minimum absolute atomic E-state index is 0.142. The molecule has 4 aromatic rings. The van der Waals surface area contributed by atoms with Crippen molar-refractivity contribution in [1.29, 1.82) is 0 Å². The number of nitrogen functional groups attached to an aromatic ring is 1. The van der Waals surface area contributed by atoms with Crippen molar-refractivity contribution in [2.45, 2.75) is 0 Å². The molecule has 8 nitrogen and oxygen atoms in total. The molecule has 142 valence electrons. The van der Waals surface area contributed by atoms with Crippen LogP contribution in [0.2, 0.25) is 0 Å². The van der Waals surface area contributed by atoms with Crippen molar-refractivity contribution in [3.63, 3.8) is 0 Å². The molecule has 0 unspecified atom stereocenters. The molecule has 0 spiro atoms. The van der Waals surface area contributed by atoms with Crippen LogP contribution in [-0.4, -0.2) is 34.0 Å². The molecule has 0 bridgehead atoms. The number of methoxy groups -OCH3 is 1. The van der Waals surface area contributed by atoms with Crippen LogP contribution in [0.25, 0.3) is 16.9 Å². The second kappa shape index (κ2) is 7.57. The van der Waals surface area contributed by atoms with E-state index in [2.05, 4.69) is 15.3 Å². The van der Waals surface area contributed by atoms with E-state index in [0.717, 1.165) is 11.3 Å². The quantitative estimate of drug-likeness (QED) is 0.486. The molecule has 0 radical (unpaired) electrons. The summed E-state index contributed by atoms with van der Waals surface area (Å²) in [6.45, 7) is -0.142. The van der Waals surface area contributed by atoms with Gasteiger partial charge in [-0.15, -0.1) is 11.3 Å². The number of imidazole rings is 1. The number of benzene rings is 1. The third-order valence-electron chi connectivity index (χ3n) is 4.01. The van der Waals surface area contributed by atoms with Gasteiger partial charge in [-0.1, -0.05) is 0 Å². The Balaban J connectivity index is 1.55. The fourth-order valence-corrected chi connectivity index (χ4v) is 3.26. The van der Waals surface area contributed by atoms with Crippen molar-refractivity contribution in [2.75, 3.05) is 24.8 Å². The lowest BCUT2D eigenvalue weighted by atomic mass is 10.1. The second-order valence-corrected chi connectivity index (χ2v) is 6.75. The highest BCUT2D eigenvalue weighted by atomic mass is 32.1. The Bertz CT molecular complexity index is 1120. The lowest BCUT2D eigenvalue weighted by Gasteiger charge is -2.06. The van der Waals surface area contributed by atoms with Crippen LogP contribution in [0, 0.1) is 0 Å². The Hall–Kier alpha value is -3.59. The van der Waals surface area contributed by atoms with Gasteiger partial charge in [0.2, 0.25) is 0 Å². The maximum absolute atomic E-state index is 12.0. The first-order valence-corrected chi connectivity index (χ1v) is 9.26. The van der Waals surface area contributed by atoms with Gasteiger partial charge in [-0.3, -0.25) is 10.1 Å². The average molecular weight is 395 g/mol. The molecule has 9 heteroatoms. The molecule has 0 aliphatic rings. The molecule has 0 saturated heterocycles. The number of carbonyl (C=O) groups excluding carboxylic acids is 1. The Morgan fingerprint density at radius 1 is 1.32 bits per heavy atom. The van der Waals surface area contributed by atoms with Gasteiger partial charge in [0.1, 0.15) is 5.75 Å². The number of ether oxygens (including phenoxy) is 2. The second-order valence-electron chi connectivity index (χ2n) is 5.86. The van der Waals surface area contributed by atoms with Crippen molar-refractivity contribution < 1.29 is 14.3 Å². The zero-order valence-corrected chi connectivity index (χ0v) is 15.8. The molecular weight excluding hydrogens is 378 g/mol. The van der Waals surface area contributed by atoms with E-state index in [9.17, 15) is 4.79 Å². The molecule has 3 heterocycles. The largest absolute Gasteiger partial charge is 0.495 e. The lowest BCUT2D eigenvalue weighted by molar-refractivity contribution is -0.118. The number of hydrogen-bond donors (Lipinski definition) is 2. The molecule has 0 aliphatic carbocycles. The van der Waals surface area contributed by atoms with Gasteiger partial charge in [-0.25, -0.2) is 9.97 Å². The molecule has 28 heavy (non-hydrogen) atoms. The van der Waals surface area contributed by atoms with E-state index < -0.39 is 0 Å². The molecule has 0 atom stereocenters. The van der Waals surface area contributed by atoms with Crippen LogP contribution in [0.1, 0.15) is 0 Å². The van der Waals surface area contributed by atoms with Crippen LogP contribution in [0.4, 0.5) is 10.8 Å². The zero-order valence-electron chi connectivity index (χ0n) is 15.0. The Labute approximate surface area is 164 Å². The average Bonchev–Trinajstić information content (AvgIpc) is 3.36. The van der Waals surface area contributed by atoms with E-state index in [4.69, 9.17) is 15.2 Å². The van der Waals surface area contributed by atoms with Crippen molar-refractivity contribution >= 4 is 33.7 Å². The van der Waals surface area contributed by atoms with E-state index >= 15 is 0 Å². The number of amides is 1. The Kier molecular flexibility index (Phi) is 4.81. The molecular formula is C19H17N5O3S. The molecule has 0 fully saturated rings. The maximum Gasteiger partial charge on any atom is 0.264 e. The van der Waals surface area contributed by atoms with Gasteiger partial charge in [0.25, 0.3) is 5.91 Å². The van der Waals surface area contributed by atoms with Crippen molar-refractivity contribution in [2.24, 2.45) is 0 Å². The summed E-state index contributed by atoms with van der Waals surface area (Å²) in [6.07, 6.45) is 5.36. The van der Waals surface area contributed by atoms with Crippen LogP contribution in [-0.2, 0) is 4.79 Å². The van der Waals surface area contributed by atoms with Crippen molar-refractivity contribution in [3.05, 3.63) is 54.3 Å². The summed E-state index contributed by atoms with van der Waals surface area (Å²) in [4.78, 5) is 20.7. The van der Waals surface area contributed by atoms with Crippen LogP contribution in [0.3, 0.4) is 0 Å². The minimum atomic E-state index is -0.285. The van der Waals surface area contributed by atoms with Crippen molar-refractivity contribution in [1.82, 2.24) is 14.4 Å². The fourth-order valence-electron chi connectivity index (χ4n) is 2.72. The zero-order chi connectivity index (χ0) is 19.5. The lowest BCUT2D eigenvalue weighted by Crippen LogP contribution is -2.20. The van der Waals surface area contributed by atoms with Gasteiger partial charge in [-0.2, -0.15) is 0 Å².